The maximum Gasteiger partial charge on any atom is 0.337 e. The predicted octanol–water partition coefficient (Wildman–Crippen LogP) is 1.31. The SMILES string of the molecule is CN(Cc1ccc(C(=O)O)cn1)CC1CCCN1C. The van der Waals surface area contributed by atoms with Gasteiger partial charge in [-0.1, -0.05) is 0 Å². The fourth-order valence-corrected chi connectivity index (χ4v) is 2.56. The van der Waals surface area contributed by atoms with Crippen LogP contribution in [0.5, 0.6) is 0 Å². The second-order valence-electron chi connectivity index (χ2n) is 5.32. The molecule has 104 valence electrons. The Morgan fingerprint density at radius 1 is 1.58 bits per heavy atom. The molecule has 1 N–H and O–H groups in total. The molecule has 0 bridgehead atoms. The second kappa shape index (κ2) is 6.12. The molecule has 2 rings (SSSR count). The first-order chi connectivity index (χ1) is 9.06. The number of carboxylic acid groups (broad SMARTS) is 1. The van der Waals surface area contributed by atoms with Crippen LogP contribution in [0, 0.1) is 0 Å². The van der Waals surface area contributed by atoms with Crippen LogP contribution in [-0.2, 0) is 6.54 Å². The van der Waals surface area contributed by atoms with Gasteiger partial charge in [0.05, 0.1) is 11.3 Å². The van der Waals surface area contributed by atoms with Gasteiger partial charge in [0.25, 0.3) is 0 Å². The van der Waals surface area contributed by atoms with Crippen molar-refractivity contribution in [3.8, 4) is 0 Å². The van der Waals surface area contributed by atoms with Gasteiger partial charge in [0, 0.05) is 25.3 Å². The summed E-state index contributed by atoms with van der Waals surface area (Å²) >= 11 is 0. The zero-order valence-corrected chi connectivity index (χ0v) is 11.5. The van der Waals surface area contributed by atoms with Gasteiger partial charge in [-0.25, -0.2) is 4.79 Å². The van der Waals surface area contributed by atoms with E-state index >= 15 is 0 Å². The highest BCUT2D eigenvalue weighted by molar-refractivity contribution is 5.87. The van der Waals surface area contributed by atoms with Crippen LogP contribution >= 0.6 is 0 Å². The zero-order valence-electron chi connectivity index (χ0n) is 11.5. The molecule has 0 amide bonds. The molecule has 5 nitrogen and oxygen atoms in total. The van der Waals surface area contributed by atoms with Gasteiger partial charge in [0.15, 0.2) is 0 Å². The van der Waals surface area contributed by atoms with Crippen LogP contribution in [-0.4, -0.2) is 59.1 Å². The molecule has 0 radical (unpaired) electrons. The molecule has 1 saturated heterocycles. The number of rotatable bonds is 5. The molecule has 0 aliphatic carbocycles. The van der Waals surface area contributed by atoms with Gasteiger partial charge in [-0.15, -0.1) is 0 Å². The van der Waals surface area contributed by atoms with E-state index in [2.05, 4.69) is 28.9 Å². The molecule has 0 aromatic carbocycles. The number of hydrogen-bond donors (Lipinski definition) is 1. The highest BCUT2D eigenvalue weighted by atomic mass is 16.4. The van der Waals surface area contributed by atoms with Gasteiger partial charge in [-0.2, -0.15) is 0 Å². The van der Waals surface area contributed by atoms with E-state index in [1.165, 1.54) is 25.6 Å². The molecule has 1 aromatic rings. The molecule has 1 aromatic heterocycles. The number of nitrogens with zero attached hydrogens (tertiary/aromatic N) is 3. The summed E-state index contributed by atoms with van der Waals surface area (Å²) in [6.07, 6.45) is 3.96. The topological polar surface area (TPSA) is 56.7 Å². The molecule has 1 aliphatic heterocycles. The summed E-state index contributed by atoms with van der Waals surface area (Å²) in [6.45, 7) is 2.97. The van der Waals surface area contributed by atoms with E-state index in [1.54, 1.807) is 12.1 Å². The van der Waals surface area contributed by atoms with Crippen molar-refractivity contribution < 1.29 is 9.90 Å². The first kappa shape index (κ1) is 14.0. The molecule has 19 heavy (non-hydrogen) atoms. The minimum Gasteiger partial charge on any atom is -0.478 e. The Bertz CT molecular complexity index is 433. The van der Waals surface area contributed by atoms with Crippen LogP contribution in [0.3, 0.4) is 0 Å². The van der Waals surface area contributed by atoms with E-state index in [9.17, 15) is 4.79 Å². The largest absolute Gasteiger partial charge is 0.478 e. The lowest BCUT2D eigenvalue weighted by Gasteiger charge is -2.25. The molecule has 1 unspecified atom stereocenters. The van der Waals surface area contributed by atoms with E-state index in [-0.39, 0.29) is 5.56 Å². The van der Waals surface area contributed by atoms with Crippen LogP contribution in [0.1, 0.15) is 28.9 Å². The van der Waals surface area contributed by atoms with Gasteiger partial charge < -0.3 is 10.0 Å². The van der Waals surface area contributed by atoms with E-state index in [0.29, 0.717) is 6.04 Å². The lowest BCUT2D eigenvalue weighted by atomic mass is 10.2. The molecular weight excluding hydrogens is 242 g/mol. The summed E-state index contributed by atoms with van der Waals surface area (Å²) in [5.74, 6) is -0.931. The molecule has 2 heterocycles. The van der Waals surface area contributed by atoms with Crippen LogP contribution in [0.25, 0.3) is 0 Å². The Labute approximate surface area is 113 Å². The predicted molar refractivity (Wildman–Crippen MR) is 73.2 cm³/mol. The zero-order chi connectivity index (χ0) is 13.8. The maximum absolute atomic E-state index is 10.7. The fraction of sp³-hybridized carbons (Fsp3) is 0.571. The lowest BCUT2D eigenvalue weighted by molar-refractivity contribution is 0.0696. The Morgan fingerprint density at radius 3 is 2.89 bits per heavy atom. The monoisotopic (exact) mass is 263 g/mol. The summed E-state index contributed by atoms with van der Waals surface area (Å²) in [4.78, 5) is 19.6. The first-order valence-electron chi connectivity index (χ1n) is 6.63. The Balaban J connectivity index is 1.87. The number of likely N-dealkylation sites (N-methyl/N-ethyl adjacent to an activating group) is 2. The van der Waals surface area contributed by atoms with Gasteiger partial charge in [0.2, 0.25) is 0 Å². The average molecular weight is 263 g/mol. The highest BCUT2D eigenvalue weighted by Crippen LogP contribution is 2.16. The van der Waals surface area contributed by atoms with Crippen molar-refractivity contribution in [1.29, 1.82) is 0 Å². The standard InChI is InChI=1S/C14H21N3O2/c1-16(10-13-4-3-7-17(13)2)9-12-6-5-11(8-15-12)14(18)19/h5-6,8,13H,3-4,7,9-10H2,1-2H3,(H,18,19). The Kier molecular flexibility index (Phi) is 4.50. The van der Waals surface area contributed by atoms with Crippen molar-refractivity contribution in [1.82, 2.24) is 14.8 Å². The average Bonchev–Trinajstić information content (AvgIpc) is 2.75. The quantitative estimate of drug-likeness (QED) is 0.868. The number of hydrogen-bond acceptors (Lipinski definition) is 4. The van der Waals surface area contributed by atoms with Gasteiger partial charge in [-0.05, 0) is 45.6 Å². The molecule has 0 saturated carbocycles. The van der Waals surface area contributed by atoms with Crippen LogP contribution in [0.2, 0.25) is 0 Å². The van der Waals surface area contributed by atoms with Crippen molar-refractivity contribution >= 4 is 5.97 Å². The van der Waals surface area contributed by atoms with Gasteiger partial charge in [-0.3, -0.25) is 9.88 Å². The third-order valence-corrected chi connectivity index (χ3v) is 3.70. The number of aromatic nitrogens is 1. The Hall–Kier alpha value is -1.46. The Morgan fingerprint density at radius 2 is 2.37 bits per heavy atom. The third-order valence-electron chi connectivity index (χ3n) is 3.70. The molecule has 1 atom stereocenters. The van der Waals surface area contributed by atoms with Crippen LogP contribution < -0.4 is 0 Å². The fourth-order valence-electron chi connectivity index (χ4n) is 2.56. The summed E-state index contributed by atoms with van der Waals surface area (Å²) in [6, 6.07) is 4.03. The summed E-state index contributed by atoms with van der Waals surface area (Å²) in [7, 11) is 4.25. The van der Waals surface area contributed by atoms with E-state index in [4.69, 9.17) is 5.11 Å². The number of carboxylic acids is 1. The van der Waals surface area contributed by atoms with E-state index in [1.807, 2.05) is 0 Å². The molecule has 5 heteroatoms. The molecule has 0 spiro atoms. The highest BCUT2D eigenvalue weighted by Gasteiger charge is 2.22. The molecule has 1 fully saturated rings. The number of carbonyl (C=O) groups is 1. The van der Waals surface area contributed by atoms with Crippen molar-refractivity contribution in [2.45, 2.75) is 25.4 Å². The maximum atomic E-state index is 10.7. The van der Waals surface area contributed by atoms with Crippen molar-refractivity contribution in [3.05, 3.63) is 29.6 Å². The smallest absolute Gasteiger partial charge is 0.337 e. The van der Waals surface area contributed by atoms with Gasteiger partial charge >= 0.3 is 5.97 Å². The van der Waals surface area contributed by atoms with E-state index in [0.717, 1.165) is 18.8 Å². The van der Waals surface area contributed by atoms with Crippen molar-refractivity contribution in [2.75, 3.05) is 27.2 Å². The summed E-state index contributed by atoms with van der Waals surface area (Å²) in [5, 5.41) is 8.82. The van der Waals surface area contributed by atoms with Crippen molar-refractivity contribution in [2.24, 2.45) is 0 Å². The third kappa shape index (κ3) is 3.75. The minimum atomic E-state index is -0.931. The molecular formula is C14H21N3O2. The summed E-state index contributed by atoms with van der Waals surface area (Å²) in [5.41, 5.74) is 1.15. The van der Waals surface area contributed by atoms with Crippen molar-refractivity contribution in [3.63, 3.8) is 0 Å². The normalized spacial score (nSPS) is 20.1. The molecule has 1 aliphatic rings. The number of likely N-dealkylation sites (tertiary alicyclic amines) is 1. The number of pyridine rings is 1. The summed E-state index contributed by atoms with van der Waals surface area (Å²) < 4.78 is 0. The van der Waals surface area contributed by atoms with Crippen LogP contribution in [0.4, 0.5) is 0 Å². The van der Waals surface area contributed by atoms with E-state index < -0.39 is 5.97 Å². The number of aromatic carboxylic acids is 1. The second-order valence-corrected chi connectivity index (χ2v) is 5.32. The van der Waals surface area contributed by atoms with Crippen LogP contribution in [0.15, 0.2) is 18.3 Å². The minimum absolute atomic E-state index is 0.238. The van der Waals surface area contributed by atoms with Gasteiger partial charge in [0.1, 0.15) is 0 Å². The first-order valence-corrected chi connectivity index (χ1v) is 6.63. The lowest BCUT2D eigenvalue weighted by Crippen LogP contribution is -2.36.